The van der Waals surface area contributed by atoms with Gasteiger partial charge >= 0.3 is 6.18 Å². The zero-order chi connectivity index (χ0) is 23.0. The van der Waals surface area contributed by atoms with Crippen molar-refractivity contribution in [2.24, 2.45) is 18.0 Å². The third kappa shape index (κ3) is 4.42. The van der Waals surface area contributed by atoms with Gasteiger partial charge in [0.1, 0.15) is 18.0 Å². The van der Waals surface area contributed by atoms with Gasteiger partial charge in [-0.2, -0.15) is 13.2 Å². The molecule has 0 radical (unpaired) electrons. The third-order valence-corrected chi connectivity index (χ3v) is 6.14. The SMILES string of the molecule is CC(=N/C=C(\C)C(F)(F)F)OC1CC2CC1N(C(O)c1cccnc1-c1nccn1C)C2. The molecule has 10 heteroatoms. The van der Waals surface area contributed by atoms with Gasteiger partial charge in [0.15, 0.2) is 11.7 Å². The lowest BCUT2D eigenvalue weighted by atomic mass is 10.0. The number of fused-ring (bicyclic) bond motifs is 2. The fraction of sp³-hybridized carbons (Fsp3) is 0.500. The first-order valence-electron chi connectivity index (χ1n) is 10.5. The summed E-state index contributed by atoms with van der Waals surface area (Å²) in [7, 11) is 1.87. The number of aromatic nitrogens is 3. The number of nitrogens with zero attached hydrogens (tertiary/aromatic N) is 5. The van der Waals surface area contributed by atoms with Gasteiger partial charge in [0, 0.05) is 62.5 Å². The van der Waals surface area contributed by atoms with Crippen LogP contribution >= 0.6 is 0 Å². The van der Waals surface area contributed by atoms with Crippen molar-refractivity contribution in [3.63, 3.8) is 0 Å². The van der Waals surface area contributed by atoms with E-state index in [1.54, 1.807) is 25.4 Å². The van der Waals surface area contributed by atoms with E-state index in [4.69, 9.17) is 4.74 Å². The number of allylic oxidation sites excluding steroid dienone is 1. The molecular formula is C22H26F3N5O2. The third-order valence-electron chi connectivity index (χ3n) is 6.14. The number of hydrogen-bond donors (Lipinski definition) is 1. The minimum absolute atomic E-state index is 0.0673. The molecule has 2 bridgehead atoms. The Labute approximate surface area is 184 Å². The Bertz CT molecular complexity index is 1030. The number of aryl methyl sites for hydroxylation is 1. The first-order valence-corrected chi connectivity index (χ1v) is 10.5. The summed E-state index contributed by atoms with van der Waals surface area (Å²) in [4.78, 5) is 14.6. The van der Waals surface area contributed by atoms with Crippen molar-refractivity contribution in [3.8, 4) is 11.5 Å². The predicted octanol–water partition coefficient (Wildman–Crippen LogP) is 3.84. The molecule has 1 saturated heterocycles. The quantitative estimate of drug-likeness (QED) is 0.555. The van der Waals surface area contributed by atoms with Gasteiger partial charge in [-0.15, -0.1) is 0 Å². The number of piperidine rings is 1. The van der Waals surface area contributed by atoms with Gasteiger partial charge in [-0.3, -0.25) is 9.88 Å². The average Bonchev–Trinajstić information content (AvgIpc) is 3.46. The van der Waals surface area contributed by atoms with Crippen LogP contribution in [-0.4, -0.2) is 55.3 Å². The molecule has 4 unspecified atom stereocenters. The maximum absolute atomic E-state index is 12.7. The number of imidazole rings is 1. The highest BCUT2D eigenvalue weighted by Gasteiger charge is 2.49. The molecule has 4 rings (SSSR count). The lowest BCUT2D eigenvalue weighted by molar-refractivity contribution is -0.0915. The number of aliphatic imine (C=N–C) groups is 1. The van der Waals surface area contributed by atoms with E-state index in [2.05, 4.69) is 15.0 Å². The van der Waals surface area contributed by atoms with Crippen molar-refractivity contribution in [1.29, 1.82) is 0 Å². The standard InChI is InChI=1S/C22H26F3N5O2/c1-13(22(23,24)25)11-28-14(2)32-18-10-15-9-17(18)30(12-15)21(31)16-5-4-6-26-19(16)20-27-7-8-29(20)3/h4-8,11,15,17-18,21,31H,9-10,12H2,1-3H3/b13-11+,28-14?. The lowest BCUT2D eigenvalue weighted by Gasteiger charge is -2.36. The minimum Gasteiger partial charge on any atom is -0.476 e. The molecule has 0 spiro atoms. The summed E-state index contributed by atoms with van der Waals surface area (Å²) in [6.45, 7) is 3.23. The van der Waals surface area contributed by atoms with Gasteiger partial charge in [0.05, 0.1) is 0 Å². The van der Waals surface area contributed by atoms with Crippen molar-refractivity contribution in [3.05, 3.63) is 48.1 Å². The maximum atomic E-state index is 12.7. The van der Waals surface area contributed by atoms with Crippen LogP contribution in [0.15, 0.2) is 47.5 Å². The van der Waals surface area contributed by atoms with E-state index in [0.29, 0.717) is 29.5 Å². The van der Waals surface area contributed by atoms with E-state index in [-0.39, 0.29) is 18.0 Å². The van der Waals surface area contributed by atoms with Crippen LogP contribution in [0.25, 0.3) is 11.5 Å². The van der Waals surface area contributed by atoms with Crippen LogP contribution in [0.2, 0.25) is 0 Å². The summed E-state index contributed by atoms with van der Waals surface area (Å²) in [5, 5.41) is 11.3. The van der Waals surface area contributed by atoms with Gasteiger partial charge in [-0.25, -0.2) is 9.98 Å². The number of aliphatic hydroxyl groups is 1. The van der Waals surface area contributed by atoms with Crippen LogP contribution in [0.4, 0.5) is 13.2 Å². The van der Waals surface area contributed by atoms with Gasteiger partial charge in [0.25, 0.3) is 0 Å². The van der Waals surface area contributed by atoms with E-state index in [9.17, 15) is 18.3 Å². The average molecular weight is 449 g/mol. The molecular weight excluding hydrogens is 423 g/mol. The van der Waals surface area contributed by atoms with Crippen LogP contribution in [0.3, 0.4) is 0 Å². The molecule has 4 atom stereocenters. The van der Waals surface area contributed by atoms with Crippen LogP contribution in [0, 0.1) is 5.92 Å². The molecule has 3 heterocycles. The molecule has 0 amide bonds. The maximum Gasteiger partial charge on any atom is 0.413 e. The first-order chi connectivity index (χ1) is 15.1. The van der Waals surface area contributed by atoms with Gasteiger partial charge < -0.3 is 14.4 Å². The highest BCUT2D eigenvalue weighted by atomic mass is 19.4. The number of ether oxygens (including phenoxy) is 1. The molecule has 2 aliphatic rings. The zero-order valence-corrected chi connectivity index (χ0v) is 18.1. The first kappa shape index (κ1) is 22.5. The van der Waals surface area contributed by atoms with Crippen molar-refractivity contribution < 1.29 is 23.0 Å². The molecule has 2 aromatic rings. The smallest absolute Gasteiger partial charge is 0.413 e. The van der Waals surface area contributed by atoms with E-state index in [0.717, 1.165) is 26.0 Å². The van der Waals surface area contributed by atoms with E-state index < -0.39 is 18.0 Å². The fourth-order valence-corrected chi connectivity index (χ4v) is 4.51. The number of halogens is 3. The van der Waals surface area contributed by atoms with Gasteiger partial charge in [0.2, 0.25) is 0 Å². The van der Waals surface area contributed by atoms with Crippen molar-refractivity contribution in [2.45, 2.75) is 51.2 Å². The molecule has 2 fully saturated rings. The molecule has 1 saturated carbocycles. The van der Waals surface area contributed by atoms with Gasteiger partial charge in [-0.1, -0.05) is 6.07 Å². The predicted molar refractivity (Wildman–Crippen MR) is 112 cm³/mol. The fourth-order valence-electron chi connectivity index (χ4n) is 4.51. The van der Waals surface area contributed by atoms with Crippen LogP contribution < -0.4 is 0 Å². The summed E-state index contributed by atoms with van der Waals surface area (Å²) in [6, 6.07) is 3.54. The second kappa shape index (κ2) is 8.67. The van der Waals surface area contributed by atoms with E-state index in [1.807, 2.05) is 28.8 Å². The molecule has 1 N–H and O–H groups in total. The Kier molecular flexibility index (Phi) is 6.09. The highest BCUT2D eigenvalue weighted by Crippen LogP contribution is 2.44. The van der Waals surface area contributed by atoms with Crippen molar-refractivity contribution >= 4 is 5.90 Å². The van der Waals surface area contributed by atoms with Crippen LogP contribution in [0.5, 0.6) is 0 Å². The summed E-state index contributed by atoms with van der Waals surface area (Å²) in [5.74, 6) is 1.18. The Morgan fingerprint density at radius 2 is 2.06 bits per heavy atom. The topological polar surface area (TPSA) is 75.8 Å². The molecule has 1 aliphatic carbocycles. The normalized spacial score (nSPS) is 25.4. The highest BCUT2D eigenvalue weighted by molar-refractivity contribution is 5.74. The number of pyridine rings is 1. The van der Waals surface area contributed by atoms with E-state index in [1.165, 1.54) is 0 Å². The monoisotopic (exact) mass is 449 g/mol. The summed E-state index contributed by atoms with van der Waals surface area (Å²) in [6.07, 6.45) is 2.01. The summed E-state index contributed by atoms with van der Waals surface area (Å²) < 4.78 is 45.7. The summed E-state index contributed by atoms with van der Waals surface area (Å²) >= 11 is 0. The van der Waals surface area contributed by atoms with Crippen LogP contribution in [-0.2, 0) is 11.8 Å². The molecule has 7 nitrogen and oxygen atoms in total. The summed E-state index contributed by atoms with van der Waals surface area (Å²) in [5.41, 5.74) is 0.476. The van der Waals surface area contributed by atoms with E-state index >= 15 is 0 Å². The second-order valence-electron chi connectivity index (χ2n) is 8.39. The Morgan fingerprint density at radius 3 is 2.72 bits per heavy atom. The Morgan fingerprint density at radius 1 is 1.28 bits per heavy atom. The molecule has 1 aliphatic heterocycles. The second-order valence-corrected chi connectivity index (χ2v) is 8.39. The zero-order valence-electron chi connectivity index (χ0n) is 18.1. The Balaban J connectivity index is 1.51. The van der Waals surface area contributed by atoms with Crippen molar-refractivity contribution in [1.82, 2.24) is 19.4 Å². The number of alkyl halides is 3. The van der Waals surface area contributed by atoms with Crippen molar-refractivity contribution in [2.75, 3.05) is 6.54 Å². The number of rotatable bonds is 5. The minimum atomic E-state index is -4.41. The van der Waals surface area contributed by atoms with Crippen LogP contribution in [0.1, 0.15) is 38.5 Å². The molecule has 172 valence electrons. The number of aliphatic hydroxyl groups excluding tert-OH is 1. The van der Waals surface area contributed by atoms with Gasteiger partial charge in [-0.05, 0) is 31.7 Å². The molecule has 32 heavy (non-hydrogen) atoms. The Hall–Kier alpha value is -2.72. The lowest BCUT2D eigenvalue weighted by Crippen LogP contribution is -2.45. The molecule has 2 aromatic heterocycles. The molecule has 0 aromatic carbocycles. The largest absolute Gasteiger partial charge is 0.476 e. The number of likely N-dealkylation sites (tertiary alicyclic amines) is 1. The number of hydrogen-bond acceptors (Lipinski definition) is 6.